The smallest absolute Gasteiger partial charge is 0.348 e. The number of carbonyl (C=O) groups is 2. The Morgan fingerprint density at radius 3 is 2.56 bits per heavy atom. The van der Waals surface area contributed by atoms with Gasteiger partial charge in [0.25, 0.3) is 0 Å². The zero-order chi connectivity index (χ0) is 17.8. The molecular weight excluding hydrogens is 318 g/mol. The molecule has 2 atom stereocenters. The van der Waals surface area contributed by atoms with Crippen molar-refractivity contribution in [3.8, 4) is 5.75 Å². The lowest BCUT2D eigenvalue weighted by Gasteiger charge is -2.34. The van der Waals surface area contributed by atoms with Gasteiger partial charge in [0.05, 0.1) is 19.3 Å². The molecule has 0 aromatic heterocycles. The molecule has 5 heteroatoms. The van der Waals surface area contributed by atoms with Crippen LogP contribution < -0.4 is 9.64 Å². The number of carbonyl (C=O) groups excluding carboxylic acids is 2. The predicted molar refractivity (Wildman–Crippen MR) is 94.7 cm³/mol. The van der Waals surface area contributed by atoms with Crippen LogP contribution in [-0.4, -0.2) is 31.6 Å². The Bertz CT molecular complexity index is 759. The number of hydrogen-bond donors (Lipinski definition) is 0. The highest BCUT2D eigenvalue weighted by atomic mass is 16.6. The third-order valence-electron chi connectivity index (χ3n) is 4.39. The molecule has 5 nitrogen and oxygen atoms in total. The first kappa shape index (κ1) is 17.0. The Morgan fingerprint density at radius 2 is 1.84 bits per heavy atom. The largest absolute Gasteiger partial charge is 0.475 e. The van der Waals surface area contributed by atoms with E-state index in [1.54, 1.807) is 11.0 Å². The molecule has 130 valence electrons. The molecule has 0 spiro atoms. The van der Waals surface area contributed by atoms with Crippen molar-refractivity contribution >= 4 is 17.6 Å². The summed E-state index contributed by atoms with van der Waals surface area (Å²) in [6.45, 7) is 2.18. The van der Waals surface area contributed by atoms with Crippen LogP contribution in [0.3, 0.4) is 0 Å². The molecule has 2 aromatic rings. The van der Waals surface area contributed by atoms with E-state index in [1.807, 2.05) is 55.5 Å². The predicted octanol–water partition coefficient (Wildman–Crippen LogP) is 3.15. The van der Waals surface area contributed by atoms with E-state index in [-0.39, 0.29) is 18.4 Å². The van der Waals surface area contributed by atoms with Crippen LogP contribution in [0.15, 0.2) is 54.6 Å². The molecule has 0 saturated heterocycles. The minimum Gasteiger partial charge on any atom is -0.475 e. The Hall–Kier alpha value is -2.82. The third kappa shape index (κ3) is 3.65. The van der Waals surface area contributed by atoms with Crippen LogP contribution in [0.1, 0.15) is 24.8 Å². The number of rotatable bonds is 4. The fourth-order valence-electron chi connectivity index (χ4n) is 3.00. The molecule has 3 rings (SSSR count). The van der Waals surface area contributed by atoms with E-state index in [0.29, 0.717) is 17.9 Å². The van der Waals surface area contributed by atoms with E-state index in [0.717, 1.165) is 5.56 Å². The summed E-state index contributed by atoms with van der Waals surface area (Å²) in [5.41, 5.74) is 1.80. The molecule has 0 unspecified atom stereocenters. The minimum absolute atomic E-state index is 0.0407. The molecule has 0 N–H and O–H groups in total. The maximum atomic E-state index is 12.9. The van der Waals surface area contributed by atoms with Gasteiger partial charge in [-0.2, -0.15) is 0 Å². The monoisotopic (exact) mass is 339 g/mol. The van der Waals surface area contributed by atoms with Crippen molar-refractivity contribution in [1.29, 1.82) is 0 Å². The highest BCUT2D eigenvalue weighted by molar-refractivity contribution is 5.97. The van der Waals surface area contributed by atoms with Gasteiger partial charge in [0.2, 0.25) is 12.0 Å². The Labute approximate surface area is 147 Å². The van der Waals surface area contributed by atoms with Gasteiger partial charge in [0.1, 0.15) is 5.75 Å². The lowest BCUT2D eigenvalue weighted by molar-refractivity contribution is -0.148. The molecule has 1 aliphatic rings. The number of benzene rings is 2. The van der Waals surface area contributed by atoms with E-state index in [1.165, 1.54) is 7.11 Å². The SMILES string of the molecule is COC(=O)[C@@H]1CN(C(=O)C[C@@H](C)c2ccccc2)c2ccccc2O1. The van der Waals surface area contributed by atoms with Gasteiger partial charge in [-0.25, -0.2) is 4.79 Å². The van der Waals surface area contributed by atoms with Crippen LogP contribution >= 0.6 is 0 Å². The number of para-hydroxylation sites is 2. The van der Waals surface area contributed by atoms with E-state index in [4.69, 9.17) is 9.47 Å². The van der Waals surface area contributed by atoms with Gasteiger partial charge in [-0.15, -0.1) is 0 Å². The van der Waals surface area contributed by atoms with Crippen LogP contribution in [0, 0.1) is 0 Å². The summed E-state index contributed by atoms with van der Waals surface area (Å²) in [4.78, 5) is 26.4. The summed E-state index contributed by atoms with van der Waals surface area (Å²) in [5, 5.41) is 0. The molecule has 1 aliphatic heterocycles. The van der Waals surface area contributed by atoms with Crippen molar-refractivity contribution in [2.45, 2.75) is 25.4 Å². The van der Waals surface area contributed by atoms with E-state index in [9.17, 15) is 9.59 Å². The van der Waals surface area contributed by atoms with Gasteiger partial charge in [-0.05, 0) is 23.6 Å². The number of esters is 1. The van der Waals surface area contributed by atoms with Crippen molar-refractivity contribution < 1.29 is 19.1 Å². The van der Waals surface area contributed by atoms with Crippen molar-refractivity contribution in [2.75, 3.05) is 18.6 Å². The summed E-state index contributed by atoms with van der Waals surface area (Å²) in [5.74, 6) is 0.0783. The number of amides is 1. The molecule has 1 amide bonds. The maximum Gasteiger partial charge on any atom is 0.348 e. The molecule has 0 radical (unpaired) electrons. The van der Waals surface area contributed by atoms with Gasteiger partial charge in [0, 0.05) is 6.42 Å². The van der Waals surface area contributed by atoms with Gasteiger partial charge in [-0.3, -0.25) is 4.79 Å². The number of hydrogen-bond acceptors (Lipinski definition) is 4. The molecule has 25 heavy (non-hydrogen) atoms. The zero-order valence-corrected chi connectivity index (χ0v) is 14.3. The number of anilines is 1. The molecule has 0 aliphatic carbocycles. The minimum atomic E-state index is -0.809. The number of methoxy groups -OCH3 is 1. The van der Waals surface area contributed by atoms with Crippen LogP contribution in [0.4, 0.5) is 5.69 Å². The summed E-state index contributed by atoms with van der Waals surface area (Å²) in [6, 6.07) is 17.2. The van der Waals surface area contributed by atoms with Gasteiger partial charge in [-0.1, -0.05) is 49.4 Å². The number of fused-ring (bicyclic) bond motifs is 1. The third-order valence-corrected chi connectivity index (χ3v) is 4.39. The fourth-order valence-corrected chi connectivity index (χ4v) is 3.00. The van der Waals surface area contributed by atoms with Crippen molar-refractivity contribution in [3.05, 3.63) is 60.2 Å². The zero-order valence-electron chi connectivity index (χ0n) is 14.3. The van der Waals surface area contributed by atoms with Crippen LogP contribution in [0.25, 0.3) is 0 Å². The first-order valence-corrected chi connectivity index (χ1v) is 8.29. The quantitative estimate of drug-likeness (QED) is 0.803. The Balaban J connectivity index is 1.81. The summed E-state index contributed by atoms with van der Waals surface area (Å²) in [7, 11) is 1.32. The second-order valence-corrected chi connectivity index (χ2v) is 6.12. The summed E-state index contributed by atoms with van der Waals surface area (Å²) >= 11 is 0. The molecule has 0 fully saturated rings. The molecular formula is C20H21NO4. The van der Waals surface area contributed by atoms with Crippen LogP contribution in [0.5, 0.6) is 5.75 Å². The first-order valence-electron chi connectivity index (χ1n) is 8.29. The Morgan fingerprint density at radius 1 is 1.16 bits per heavy atom. The maximum absolute atomic E-state index is 12.9. The van der Waals surface area contributed by atoms with Gasteiger partial charge >= 0.3 is 5.97 Å². The van der Waals surface area contributed by atoms with E-state index >= 15 is 0 Å². The fraction of sp³-hybridized carbons (Fsp3) is 0.300. The number of ether oxygens (including phenoxy) is 2. The first-order chi connectivity index (χ1) is 12.1. The van der Waals surface area contributed by atoms with E-state index in [2.05, 4.69) is 0 Å². The Kier molecular flexibility index (Phi) is 5.03. The topological polar surface area (TPSA) is 55.8 Å². The van der Waals surface area contributed by atoms with Crippen molar-refractivity contribution in [2.24, 2.45) is 0 Å². The van der Waals surface area contributed by atoms with E-state index < -0.39 is 12.1 Å². The van der Waals surface area contributed by atoms with Crippen LogP contribution in [-0.2, 0) is 14.3 Å². The average molecular weight is 339 g/mol. The second kappa shape index (κ2) is 7.38. The summed E-state index contributed by atoms with van der Waals surface area (Å²) < 4.78 is 10.5. The van der Waals surface area contributed by atoms with Crippen molar-refractivity contribution in [3.63, 3.8) is 0 Å². The second-order valence-electron chi connectivity index (χ2n) is 6.12. The van der Waals surface area contributed by atoms with Crippen LogP contribution in [0.2, 0.25) is 0 Å². The lowest BCUT2D eigenvalue weighted by atomic mass is 9.97. The van der Waals surface area contributed by atoms with Gasteiger partial charge < -0.3 is 14.4 Å². The van der Waals surface area contributed by atoms with Gasteiger partial charge in [0.15, 0.2) is 0 Å². The lowest BCUT2D eigenvalue weighted by Crippen LogP contribution is -2.47. The normalized spacial score (nSPS) is 17.2. The highest BCUT2D eigenvalue weighted by Crippen LogP contribution is 2.34. The van der Waals surface area contributed by atoms with Crippen molar-refractivity contribution in [1.82, 2.24) is 0 Å². The summed E-state index contributed by atoms with van der Waals surface area (Å²) in [6.07, 6.45) is -0.456. The molecule has 0 bridgehead atoms. The number of nitrogens with zero attached hydrogens (tertiary/aromatic N) is 1. The standard InChI is InChI=1S/C20H21NO4/c1-14(15-8-4-3-5-9-15)12-19(22)21-13-18(20(23)24-2)25-17-11-7-6-10-16(17)21/h3-11,14,18H,12-13H2,1-2H3/t14-,18+/m1/s1. The molecule has 0 saturated carbocycles. The highest BCUT2D eigenvalue weighted by Gasteiger charge is 2.34. The molecule has 2 aromatic carbocycles. The average Bonchev–Trinajstić information content (AvgIpc) is 2.67. The molecule has 1 heterocycles.